The third-order valence-corrected chi connectivity index (χ3v) is 3.63. The number of anilines is 1. The molecule has 2 N–H and O–H groups in total. The molecule has 0 radical (unpaired) electrons. The van der Waals surface area contributed by atoms with E-state index in [-0.39, 0.29) is 17.2 Å². The van der Waals surface area contributed by atoms with Crippen LogP contribution in [0, 0.1) is 34.0 Å². The van der Waals surface area contributed by atoms with Gasteiger partial charge in [-0.2, -0.15) is 15.8 Å². The van der Waals surface area contributed by atoms with Gasteiger partial charge in [0.25, 0.3) is 0 Å². The third-order valence-electron chi connectivity index (χ3n) is 3.63. The molecular weight excluding hydrogens is 278 g/mol. The number of nitriles is 3. The molecule has 6 heteroatoms. The van der Waals surface area contributed by atoms with Crippen LogP contribution in [-0.4, -0.2) is 5.91 Å². The van der Waals surface area contributed by atoms with Crippen molar-refractivity contribution in [1.82, 2.24) is 5.32 Å². The molecule has 0 aromatic heterocycles. The Morgan fingerprint density at radius 1 is 1.23 bits per heavy atom. The number of amides is 1. The quantitative estimate of drug-likeness (QED) is 0.807. The monoisotopic (exact) mass is 291 g/mol. The Bertz CT molecular complexity index is 783. The van der Waals surface area contributed by atoms with Gasteiger partial charge in [0, 0.05) is 12.2 Å². The van der Waals surface area contributed by atoms with Crippen LogP contribution in [-0.2, 0) is 16.8 Å². The first-order chi connectivity index (χ1) is 10.5. The van der Waals surface area contributed by atoms with E-state index in [1.165, 1.54) is 0 Å². The van der Waals surface area contributed by atoms with Crippen molar-refractivity contribution >= 4 is 11.6 Å². The fourth-order valence-corrected chi connectivity index (χ4v) is 2.52. The molecule has 1 aromatic carbocycles. The van der Waals surface area contributed by atoms with Crippen LogP contribution in [0.1, 0.15) is 25.0 Å². The lowest BCUT2D eigenvalue weighted by Crippen LogP contribution is -2.45. The Morgan fingerprint density at radius 3 is 2.50 bits per heavy atom. The van der Waals surface area contributed by atoms with Gasteiger partial charge >= 0.3 is 0 Å². The Balaban J connectivity index is 2.60. The summed E-state index contributed by atoms with van der Waals surface area (Å²) >= 11 is 0. The van der Waals surface area contributed by atoms with Crippen molar-refractivity contribution in [1.29, 1.82) is 15.8 Å². The number of benzene rings is 1. The van der Waals surface area contributed by atoms with Crippen LogP contribution in [0.3, 0.4) is 0 Å². The van der Waals surface area contributed by atoms with E-state index in [0.717, 1.165) is 11.1 Å². The number of hydrogen-bond acceptors (Lipinski definition) is 5. The fraction of sp³-hybridized carbons (Fsp3) is 0.250. The summed E-state index contributed by atoms with van der Waals surface area (Å²) in [7, 11) is 0. The van der Waals surface area contributed by atoms with Crippen molar-refractivity contribution in [3.8, 4) is 18.2 Å². The van der Waals surface area contributed by atoms with Gasteiger partial charge < -0.3 is 10.6 Å². The molecule has 0 saturated heterocycles. The highest BCUT2D eigenvalue weighted by atomic mass is 16.2. The summed E-state index contributed by atoms with van der Waals surface area (Å²) in [6, 6.07) is 10.6. The number of fused-ring (bicyclic) bond motifs is 1. The summed E-state index contributed by atoms with van der Waals surface area (Å²) in [5.74, 6) is -0.113. The average molecular weight is 291 g/mol. The predicted octanol–water partition coefficient (Wildman–Crippen LogP) is 1.83. The third kappa shape index (κ3) is 2.37. The first-order valence-electron chi connectivity index (χ1n) is 6.58. The molecule has 22 heavy (non-hydrogen) atoms. The van der Waals surface area contributed by atoms with Crippen molar-refractivity contribution < 1.29 is 4.79 Å². The van der Waals surface area contributed by atoms with E-state index in [2.05, 4.69) is 10.6 Å². The summed E-state index contributed by atoms with van der Waals surface area (Å²) < 4.78 is 0. The van der Waals surface area contributed by atoms with Crippen molar-refractivity contribution in [3.63, 3.8) is 0 Å². The maximum Gasteiger partial charge on any atom is 0.230 e. The fourth-order valence-electron chi connectivity index (χ4n) is 2.52. The van der Waals surface area contributed by atoms with Crippen LogP contribution in [0.2, 0.25) is 0 Å². The first kappa shape index (κ1) is 15.1. The molecule has 0 unspecified atom stereocenters. The molecule has 2 rings (SSSR count). The normalized spacial score (nSPS) is 14.4. The second kappa shape index (κ2) is 5.60. The van der Waals surface area contributed by atoms with Crippen LogP contribution in [0.5, 0.6) is 0 Å². The molecule has 108 valence electrons. The van der Waals surface area contributed by atoms with E-state index < -0.39 is 5.41 Å². The summed E-state index contributed by atoms with van der Waals surface area (Å²) in [4.78, 5) is 12.1. The number of allylic oxidation sites excluding steroid dienone is 2. The van der Waals surface area contributed by atoms with Gasteiger partial charge in [-0.1, -0.05) is 12.1 Å². The molecule has 1 heterocycles. The zero-order valence-electron chi connectivity index (χ0n) is 12.2. The lowest BCUT2D eigenvalue weighted by Gasteiger charge is -2.33. The van der Waals surface area contributed by atoms with Crippen LogP contribution in [0.25, 0.3) is 0 Å². The second-order valence-electron chi connectivity index (χ2n) is 5.36. The number of nitrogens with zero attached hydrogens (tertiary/aromatic N) is 3. The number of carbonyl (C=O) groups excluding carboxylic acids is 1. The van der Waals surface area contributed by atoms with Gasteiger partial charge in [-0.3, -0.25) is 4.79 Å². The standard InChI is InChI=1S/C16H13N5O/c1-16(2)14-10(9-20-15(16)22)4-3-5-12(14)21-13(8-19)11(6-17)7-18/h3-5,21H,9H2,1-2H3,(H,20,22). The van der Waals surface area contributed by atoms with Gasteiger partial charge in [-0.25, -0.2) is 0 Å². The van der Waals surface area contributed by atoms with E-state index in [0.29, 0.717) is 12.2 Å². The number of carbonyl (C=O) groups is 1. The van der Waals surface area contributed by atoms with Crippen LogP contribution in [0.15, 0.2) is 29.5 Å². The number of hydrogen-bond donors (Lipinski definition) is 2. The highest BCUT2D eigenvalue weighted by molar-refractivity contribution is 5.91. The van der Waals surface area contributed by atoms with Crippen LogP contribution < -0.4 is 10.6 Å². The van der Waals surface area contributed by atoms with Gasteiger partial charge in [-0.15, -0.1) is 0 Å². The molecule has 6 nitrogen and oxygen atoms in total. The van der Waals surface area contributed by atoms with Gasteiger partial charge in [0.2, 0.25) is 5.91 Å². The second-order valence-corrected chi connectivity index (χ2v) is 5.36. The number of nitrogens with one attached hydrogen (secondary N) is 2. The number of rotatable bonds is 2. The van der Waals surface area contributed by atoms with Crippen molar-refractivity contribution in [2.24, 2.45) is 0 Å². The van der Waals surface area contributed by atoms with Crippen molar-refractivity contribution in [2.75, 3.05) is 5.32 Å². The average Bonchev–Trinajstić information content (AvgIpc) is 2.51. The minimum absolute atomic E-state index is 0.113. The van der Waals surface area contributed by atoms with Crippen LogP contribution >= 0.6 is 0 Å². The molecule has 0 atom stereocenters. The molecule has 1 aliphatic heterocycles. The molecule has 0 spiro atoms. The SMILES string of the molecule is CC1(C)C(=O)NCc2cccc(NC(C#N)=C(C#N)C#N)c21. The largest absolute Gasteiger partial charge is 0.351 e. The van der Waals surface area contributed by atoms with E-state index >= 15 is 0 Å². The Hall–Kier alpha value is -3.30. The van der Waals surface area contributed by atoms with Gasteiger partial charge in [0.05, 0.1) is 5.41 Å². The summed E-state index contributed by atoms with van der Waals surface area (Å²) in [5, 5.41) is 32.6. The predicted molar refractivity (Wildman–Crippen MR) is 78.8 cm³/mol. The van der Waals surface area contributed by atoms with E-state index in [1.807, 2.05) is 12.1 Å². The summed E-state index contributed by atoms with van der Waals surface area (Å²) in [6.07, 6.45) is 0. The summed E-state index contributed by atoms with van der Waals surface area (Å²) in [6.45, 7) is 3.98. The molecule has 0 fully saturated rings. The molecule has 0 aliphatic carbocycles. The zero-order valence-corrected chi connectivity index (χ0v) is 12.2. The highest BCUT2D eigenvalue weighted by Gasteiger charge is 2.37. The van der Waals surface area contributed by atoms with E-state index in [9.17, 15) is 4.79 Å². The molecule has 0 bridgehead atoms. The minimum atomic E-state index is -0.781. The van der Waals surface area contributed by atoms with Crippen LogP contribution in [0.4, 0.5) is 5.69 Å². The van der Waals surface area contributed by atoms with E-state index in [1.54, 1.807) is 38.1 Å². The minimum Gasteiger partial charge on any atom is -0.351 e. The Morgan fingerprint density at radius 2 is 1.91 bits per heavy atom. The molecular formula is C16H13N5O. The van der Waals surface area contributed by atoms with Gasteiger partial charge in [0.15, 0.2) is 5.57 Å². The maximum absolute atomic E-state index is 12.1. The summed E-state index contributed by atoms with van der Waals surface area (Å²) in [5.41, 5.74) is 1.05. The topological polar surface area (TPSA) is 112 Å². The lowest BCUT2D eigenvalue weighted by atomic mass is 9.77. The zero-order chi connectivity index (χ0) is 16.3. The molecule has 0 saturated carbocycles. The molecule has 1 amide bonds. The maximum atomic E-state index is 12.1. The van der Waals surface area contributed by atoms with E-state index in [4.69, 9.17) is 15.8 Å². The molecule has 1 aromatic rings. The lowest BCUT2D eigenvalue weighted by molar-refractivity contribution is -0.126. The Labute approximate surface area is 128 Å². The first-order valence-corrected chi connectivity index (χ1v) is 6.58. The smallest absolute Gasteiger partial charge is 0.230 e. The van der Waals surface area contributed by atoms with Gasteiger partial charge in [-0.05, 0) is 31.0 Å². The highest BCUT2D eigenvalue weighted by Crippen LogP contribution is 2.36. The van der Waals surface area contributed by atoms with Gasteiger partial charge in [0.1, 0.15) is 23.9 Å². The molecule has 1 aliphatic rings. The van der Waals surface area contributed by atoms with Crippen molar-refractivity contribution in [2.45, 2.75) is 25.8 Å². The Kier molecular flexibility index (Phi) is 3.84. The van der Waals surface area contributed by atoms with Crippen molar-refractivity contribution in [3.05, 3.63) is 40.6 Å².